The first-order valence-corrected chi connectivity index (χ1v) is 25.1. The molecule has 1 unspecified atom stereocenters. The Morgan fingerprint density at radius 2 is 1.73 bits per heavy atom. The van der Waals surface area contributed by atoms with E-state index in [0.29, 0.717) is 51.8 Å². The Balaban J connectivity index is 0.827. The maximum Gasteiger partial charge on any atom is 0.343 e. The van der Waals surface area contributed by atoms with E-state index in [1.807, 2.05) is 18.2 Å². The molecule has 4 N–H and O–H groups in total. The molecule has 0 saturated heterocycles. The van der Waals surface area contributed by atoms with Crippen molar-refractivity contribution in [3.8, 4) is 23.2 Å². The van der Waals surface area contributed by atoms with E-state index in [2.05, 4.69) is 27.8 Å². The highest BCUT2D eigenvalue weighted by molar-refractivity contribution is 5.95. The van der Waals surface area contributed by atoms with Crippen molar-refractivity contribution in [2.24, 2.45) is 5.92 Å². The highest BCUT2D eigenvalue weighted by atomic mass is 19.1. The van der Waals surface area contributed by atoms with Gasteiger partial charge in [-0.25, -0.2) is 14.2 Å². The van der Waals surface area contributed by atoms with Crippen LogP contribution in [-0.4, -0.2) is 94.7 Å². The Kier molecular flexibility index (Phi) is 16.7. The van der Waals surface area contributed by atoms with Gasteiger partial charge in [0.25, 0.3) is 5.56 Å². The van der Waals surface area contributed by atoms with E-state index in [1.165, 1.54) is 10.6 Å². The number of ketones is 3. The Morgan fingerprint density at radius 1 is 0.932 bits per heavy atom. The van der Waals surface area contributed by atoms with Crippen molar-refractivity contribution in [2.45, 2.75) is 128 Å². The Hall–Kier alpha value is -6.94. The van der Waals surface area contributed by atoms with Gasteiger partial charge in [-0.15, -0.1) is 5.92 Å². The number of halogens is 1. The van der Waals surface area contributed by atoms with Gasteiger partial charge in [0.15, 0.2) is 23.0 Å². The number of ether oxygens (including phenoxy) is 3. The van der Waals surface area contributed by atoms with Crippen LogP contribution in [0.1, 0.15) is 123 Å². The average molecular weight is 1000 g/mol. The first-order valence-electron chi connectivity index (χ1n) is 25.1. The summed E-state index contributed by atoms with van der Waals surface area (Å²) in [6, 6.07) is 11.4. The molecule has 384 valence electrons. The summed E-state index contributed by atoms with van der Waals surface area (Å²) >= 11 is 0. The van der Waals surface area contributed by atoms with E-state index < -0.39 is 65.0 Å². The fourth-order valence-electron chi connectivity index (χ4n) is 10.1. The number of fused-ring (bicyclic) bond motifs is 5. The number of amides is 3. The zero-order valence-corrected chi connectivity index (χ0v) is 41.1. The molecular formula is C55H60FN5O12. The molecule has 2 aromatic heterocycles. The Bertz CT molecular complexity index is 2980. The molecule has 73 heavy (non-hydrogen) atoms. The van der Waals surface area contributed by atoms with E-state index in [4.69, 9.17) is 19.2 Å². The molecule has 3 amide bonds. The van der Waals surface area contributed by atoms with Gasteiger partial charge in [-0.2, -0.15) is 0 Å². The Morgan fingerprint density at radius 3 is 2.52 bits per heavy atom. The molecule has 0 fully saturated rings. The summed E-state index contributed by atoms with van der Waals surface area (Å²) in [7, 11) is 0. The molecular weight excluding hydrogens is 942 g/mol. The van der Waals surface area contributed by atoms with Crippen molar-refractivity contribution in [1.82, 2.24) is 25.5 Å². The number of aromatic nitrogens is 2. The second-order valence-corrected chi connectivity index (χ2v) is 19.2. The van der Waals surface area contributed by atoms with E-state index >= 15 is 4.39 Å². The monoisotopic (exact) mass is 1000 g/mol. The number of rotatable bonds is 22. The first kappa shape index (κ1) is 52.4. The normalized spacial score (nSPS) is 18.9. The van der Waals surface area contributed by atoms with Crippen molar-refractivity contribution < 1.29 is 57.3 Å². The van der Waals surface area contributed by atoms with Crippen LogP contribution in [0.5, 0.6) is 0 Å². The SMILES string of the molecule is CC[C@@]1(O)C(=O)OCc2c1cc1n(c2=O)Cc2c-1nc1cc(F)c(C)c3c1c2[C@@H](NC(=O)COCCC(=O)CNC(=O)[C@@H](CC(=O)CNC(=O)CCC(=O)COC1C#CCCCCC1)Cc1ccccc1)CC3. The molecule has 4 aliphatic rings. The van der Waals surface area contributed by atoms with Crippen LogP contribution in [0.4, 0.5) is 4.39 Å². The van der Waals surface area contributed by atoms with Crippen molar-refractivity contribution in [1.29, 1.82) is 0 Å². The van der Waals surface area contributed by atoms with Crippen molar-refractivity contribution >= 4 is 51.9 Å². The average Bonchev–Trinajstić information content (AvgIpc) is 3.74. The number of nitrogens with one attached hydrogen (secondary N) is 3. The van der Waals surface area contributed by atoms with Crippen LogP contribution in [0, 0.1) is 30.5 Å². The molecule has 4 aromatic rings. The Labute approximate surface area is 421 Å². The van der Waals surface area contributed by atoms with Crippen LogP contribution in [0.2, 0.25) is 0 Å². The lowest BCUT2D eigenvalue weighted by atomic mass is 9.81. The van der Waals surface area contributed by atoms with Gasteiger partial charge in [0.2, 0.25) is 17.7 Å². The first-order chi connectivity index (χ1) is 35.1. The molecule has 2 aliphatic carbocycles. The van der Waals surface area contributed by atoms with E-state index in [9.17, 15) is 43.5 Å². The minimum atomic E-state index is -2.04. The van der Waals surface area contributed by atoms with Gasteiger partial charge in [0, 0.05) is 60.6 Å². The summed E-state index contributed by atoms with van der Waals surface area (Å²) in [6.45, 7) is 1.70. The number of aliphatic hydroxyl groups is 1. The van der Waals surface area contributed by atoms with Crippen molar-refractivity contribution in [3.05, 3.63) is 97.6 Å². The molecule has 0 saturated carbocycles. The lowest BCUT2D eigenvalue weighted by Gasteiger charge is -2.31. The summed E-state index contributed by atoms with van der Waals surface area (Å²) in [5.74, 6) is 1.42. The van der Waals surface area contributed by atoms with Gasteiger partial charge in [-0.3, -0.25) is 33.6 Å². The van der Waals surface area contributed by atoms with Gasteiger partial charge in [0.1, 0.15) is 31.7 Å². The van der Waals surface area contributed by atoms with Crippen LogP contribution in [0.25, 0.3) is 22.3 Å². The quantitative estimate of drug-likeness (QED) is 0.0429. The van der Waals surface area contributed by atoms with Crippen LogP contribution in [-0.2, 0) is 79.4 Å². The number of nitrogens with zero attached hydrogens (tertiary/aromatic N) is 2. The summed E-state index contributed by atoms with van der Waals surface area (Å²) < 4.78 is 33.4. The third-order valence-electron chi connectivity index (χ3n) is 14.2. The predicted octanol–water partition coefficient (Wildman–Crippen LogP) is 4.36. The summed E-state index contributed by atoms with van der Waals surface area (Å²) in [5, 5.41) is 20.2. The zero-order valence-electron chi connectivity index (χ0n) is 41.1. The van der Waals surface area contributed by atoms with Crippen LogP contribution >= 0.6 is 0 Å². The molecule has 0 bridgehead atoms. The number of cyclic esters (lactones) is 1. The second-order valence-electron chi connectivity index (χ2n) is 19.2. The molecule has 18 heteroatoms. The maximum absolute atomic E-state index is 15.4. The molecule has 8 rings (SSSR count). The maximum atomic E-state index is 15.4. The number of aryl methyl sites for hydroxylation is 1. The fourth-order valence-corrected chi connectivity index (χ4v) is 10.1. The van der Waals surface area contributed by atoms with Crippen molar-refractivity contribution in [2.75, 3.05) is 32.9 Å². The van der Waals surface area contributed by atoms with Crippen LogP contribution in [0.15, 0.2) is 47.3 Å². The molecule has 0 spiro atoms. The van der Waals surface area contributed by atoms with E-state index in [1.54, 1.807) is 32.0 Å². The minimum absolute atomic E-state index is 0.0362. The topological polar surface area (TPSA) is 238 Å². The van der Waals surface area contributed by atoms with Crippen LogP contribution in [0.3, 0.4) is 0 Å². The van der Waals surface area contributed by atoms with Gasteiger partial charge in [-0.1, -0.05) is 49.6 Å². The summed E-state index contributed by atoms with van der Waals surface area (Å²) in [5.41, 5.74) is 2.18. The molecule has 0 radical (unpaired) electrons. The third-order valence-corrected chi connectivity index (χ3v) is 14.2. The summed E-state index contributed by atoms with van der Waals surface area (Å²) in [6.07, 6.45) is 4.83. The number of hydrogen-bond donors (Lipinski definition) is 4. The largest absolute Gasteiger partial charge is 0.458 e. The standard InChI is InChI=1S/C55H60FN5O12/c1-3-55(70)42-24-46-51-40(28-61(46)53(68)41(42)30-73-54(55)69)50-44(18-17-39-32(2)43(56)25-45(60-51)49(39)50)59-48(66)31-71-21-20-35(62)26-58-52(67)34(22-33-12-8-7-9-13-33)23-37(64)27-57-47(65)19-16-36(63)29-72-38-14-10-5-4-6-11-15-38/h7-9,12-13,24-25,34,38,44,70H,3-6,10,14,16-23,26-31H2,1-2H3,(H,57,65)(H,58,67)(H,59,66)/t34-,38?,44+,55+/m1/s1. The zero-order chi connectivity index (χ0) is 51.8. The smallest absolute Gasteiger partial charge is 0.343 e. The predicted molar refractivity (Wildman–Crippen MR) is 263 cm³/mol. The number of esters is 1. The van der Waals surface area contributed by atoms with Crippen molar-refractivity contribution in [3.63, 3.8) is 0 Å². The second kappa shape index (κ2) is 23.3. The molecule has 17 nitrogen and oxygen atoms in total. The third kappa shape index (κ3) is 12.0. The molecule has 4 heterocycles. The summed E-state index contributed by atoms with van der Waals surface area (Å²) in [4.78, 5) is 109. The molecule has 2 aromatic carbocycles. The number of benzene rings is 2. The van der Waals surface area contributed by atoms with Gasteiger partial charge < -0.3 is 39.8 Å². The number of hydrogen-bond acceptors (Lipinski definition) is 13. The number of carbonyl (C=O) groups excluding carboxylic acids is 7. The van der Waals surface area contributed by atoms with E-state index in [-0.39, 0.29) is 107 Å². The minimum Gasteiger partial charge on any atom is -0.458 e. The molecule has 4 atom stereocenters. The van der Waals surface area contributed by atoms with Gasteiger partial charge in [-0.05, 0) is 80.2 Å². The number of pyridine rings is 2. The lowest BCUT2D eigenvalue weighted by Crippen LogP contribution is -2.44. The lowest BCUT2D eigenvalue weighted by molar-refractivity contribution is -0.172. The molecule has 2 aliphatic heterocycles. The highest BCUT2D eigenvalue weighted by Crippen LogP contribution is 2.46. The van der Waals surface area contributed by atoms with Gasteiger partial charge in [0.05, 0.1) is 54.8 Å². The van der Waals surface area contributed by atoms with Gasteiger partial charge >= 0.3 is 5.97 Å². The fraction of sp³-hybridized carbons (Fsp3) is 0.473. The van der Waals surface area contributed by atoms with Crippen LogP contribution < -0.4 is 21.5 Å². The highest BCUT2D eigenvalue weighted by Gasteiger charge is 2.46. The number of carbonyl (C=O) groups is 7. The van der Waals surface area contributed by atoms with E-state index in [0.717, 1.165) is 43.2 Å². The number of Topliss-reactive ketones (excluding diaryl/α,β-unsaturated/α-hetero) is 3.